The molecule has 0 spiro atoms. The summed E-state index contributed by atoms with van der Waals surface area (Å²) in [7, 11) is 1.36. The second kappa shape index (κ2) is 5.33. The summed E-state index contributed by atoms with van der Waals surface area (Å²) >= 11 is 0. The number of methoxy groups -OCH3 is 1. The Bertz CT molecular complexity index is 683. The van der Waals surface area contributed by atoms with Crippen LogP contribution in [0, 0.1) is 13.8 Å². The fourth-order valence-corrected chi connectivity index (χ4v) is 2.41. The molecule has 0 saturated heterocycles. The predicted octanol–water partition coefficient (Wildman–Crippen LogP) is 3.08. The molecule has 0 N–H and O–H groups in total. The highest BCUT2D eigenvalue weighted by Gasteiger charge is 2.14. The van der Waals surface area contributed by atoms with Gasteiger partial charge in [-0.25, -0.2) is 4.79 Å². The molecule has 0 fully saturated rings. The second-order valence-corrected chi connectivity index (χ2v) is 4.72. The molecule has 2 rings (SSSR count). The van der Waals surface area contributed by atoms with Crippen molar-refractivity contribution in [1.29, 1.82) is 0 Å². The smallest absolute Gasteiger partial charge is 0.337 e. The summed E-state index contributed by atoms with van der Waals surface area (Å²) in [5.74, 6) is -0.338. The van der Waals surface area contributed by atoms with Gasteiger partial charge in [0.1, 0.15) is 0 Å². The van der Waals surface area contributed by atoms with Crippen LogP contribution in [-0.4, -0.2) is 23.4 Å². The predicted molar refractivity (Wildman–Crippen MR) is 76.6 cm³/mol. The minimum Gasteiger partial charge on any atom is -0.465 e. The molecule has 1 aromatic heterocycles. The van der Waals surface area contributed by atoms with Crippen LogP contribution in [0.3, 0.4) is 0 Å². The topological polar surface area (TPSA) is 48.3 Å². The van der Waals surface area contributed by atoms with Crippen molar-refractivity contribution in [2.24, 2.45) is 0 Å². The van der Waals surface area contributed by atoms with Crippen LogP contribution in [-0.2, 0) is 4.74 Å². The zero-order chi connectivity index (χ0) is 14.9. The molecule has 20 heavy (non-hydrogen) atoms. The van der Waals surface area contributed by atoms with Crippen molar-refractivity contribution in [2.75, 3.05) is 7.11 Å². The van der Waals surface area contributed by atoms with Gasteiger partial charge in [-0.2, -0.15) is 0 Å². The van der Waals surface area contributed by atoms with E-state index in [4.69, 9.17) is 4.74 Å². The summed E-state index contributed by atoms with van der Waals surface area (Å²) < 4.78 is 6.69. The first-order valence-electron chi connectivity index (χ1n) is 6.34. The summed E-state index contributed by atoms with van der Waals surface area (Å²) in [4.78, 5) is 23.2. The van der Waals surface area contributed by atoms with E-state index in [1.54, 1.807) is 25.1 Å². The number of ketones is 1. The maximum Gasteiger partial charge on any atom is 0.337 e. The lowest BCUT2D eigenvalue weighted by atomic mass is 10.1. The third-order valence-electron chi connectivity index (χ3n) is 3.34. The fourth-order valence-electron chi connectivity index (χ4n) is 2.41. The second-order valence-electron chi connectivity index (χ2n) is 4.72. The highest BCUT2D eigenvalue weighted by atomic mass is 16.5. The van der Waals surface area contributed by atoms with E-state index >= 15 is 0 Å². The van der Waals surface area contributed by atoms with E-state index < -0.39 is 0 Å². The molecule has 4 heteroatoms. The van der Waals surface area contributed by atoms with Crippen LogP contribution in [0.1, 0.15) is 39.0 Å². The molecule has 1 aromatic carbocycles. The van der Waals surface area contributed by atoms with Gasteiger partial charge in [0.05, 0.1) is 12.7 Å². The van der Waals surface area contributed by atoms with E-state index in [1.807, 2.05) is 30.5 Å². The Hall–Kier alpha value is -2.36. The first kappa shape index (κ1) is 14.1. The summed E-state index contributed by atoms with van der Waals surface area (Å²) in [5, 5.41) is 0. The first-order valence-corrected chi connectivity index (χ1v) is 6.34. The summed E-state index contributed by atoms with van der Waals surface area (Å²) in [6.45, 7) is 5.38. The first-order chi connectivity index (χ1) is 9.45. The number of carbonyl (C=O) groups excluding carboxylic acids is 2. The quantitative estimate of drug-likeness (QED) is 0.636. The van der Waals surface area contributed by atoms with E-state index in [-0.39, 0.29) is 11.8 Å². The molecule has 0 bridgehead atoms. The number of nitrogens with zero attached hydrogens (tertiary/aromatic N) is 1. The minimum atomic E-state index is -0.374. The van der Waals surface area contributed by atoms with Gasteiger partial charge in [-0.1, -0.05) is 6.07 Å². The van der Waals surface area contributed by atoms with Crippen molar-refractivity contribution in [3.05, 3.63) is 52.8 Å². The number of esters is 1. The largest absolute Gasteiger partial charge is 0.465 e. The maximum atomic E-state index is 11.6. The highest BCUT2D eigenvalue weighted by molar-refractivity contribution is 5.96. The van der Waals surface area contributed by atoms with Gasteiger partial charge in [-0.05, 0) is 45.0 Å². The van der Waals surface area contributed by atoms with Gasteiger partial charge in [0.2, 0.25) is 0 Å². The van der Waals surface area contributed by atoms with Gasteiger partial charge >= 0.3 is 5.97 Å². The SMILES string of the molecule is COC(=O)c1cccc(-n2c(C)cc(C(C)=O)c2C)c1. The maximum absolute atomic E-state index is 11.6. The van der Waals surface area contributed by atoms with Crippen LogP contribution in [0.5, 0.6) is 0 Å². The van der Waals surface area contributed by atoms with Gasteiger partial charge in [0.15, 0.2) is 5.78 Å². The minimum absolute atomic E-state index is 0.0356. The highest BCUT2D eigenvalue weighted by Crippen LogP contribution is 2.22. The summed E-state index contributed by atoms with van der Waals surface area (Å²) in [6.07, 6.45) is 0. The van der Waals surface area contributed by atoms with E-state index in [9.17, 15) is 9.59 Å². The van der Waals surface area contributed by atoms with E-state index in [1.165, 1.54) is 7.11 Å². The Morgan fingerprint density at radius 1 is 1.15 bits per heavy atom. The number of rotatable bonds is 3. The Kier molecular flexibility index (Phi) is 3.74. The number of benzene rings is 1. The zero-order valence-electron chi connectivity index (χ0n) is 12.1. The molecule has 0 unspecified atom stereocenters. The fraction of sp³-hybridized carbons (Fsp3) is 0.250. The molecule has 0 atom stereocenters. The van der Waals surface area contributed by atoms with Crippen molar-refractivity contribution >= 4 is 11.8 Å². The monoisotopic (exact) mass is 271 g/mol. The Balaban J connectivity index is 2.57. The van der Waals surface area contributed by atoms with Crippen LogP contribution in [0.4, 0.5) is 0 Å². The van der Waals surface area contributed by atoms with Crippen LogP contribution in [0.25, 0.3) is 5.69 Å². The molecule has 2 aromatic rings. The van der Waals surface area contributed by atoms with E-state index in [0.29, 0.717) is 11.1 Å². The Labute approximate surface area is 118 Å². The molecule has 104 valence electrons. The molecular weight excluding hydrogens is 254 g/mol. The van der Waals surface area contributed by atoms with Crippen molar-refractivity contribution in [3.63, 3.8) is 0 Å². The van der Waals surface area contributed by atoms with Crippen molar-refractivity contribution in [1.82, 2.24) is 4.57 Å². The van der Waals surface area contributed by atoms with Crippen molar-refractivity contribution in [2.45, 2.75) is 20.8 Å². The molecule has 1 heterocycles. The molecule has 0 aliphatic carbocycles. The van der Waals surface area contributed by atoms with Gasteiger partial charge in [0.25, 0.3) is 0 Å². The van der Waals surface area contributed by atoms with Gasteiger partial charge in [0, 0.05) is 22.6 Å². The van der Waals surface area contributed by atoms with Crippen molar-refractivity contribution in [3.8, 4) is 5.69 Å². The van der Waals surface area contributed by atoms with E-state index in [0.717, 1.165) is 17.1 Å². The normalized spacial score (nSPS) is 10.4. The summed E-state index contributed by atoms with van der Waals surface area (Å²) in [5.41, 5.74) is 3.86. The number of carbonyl (C=O) groups is 2. The number of hydrogen-bond acceptors (Lipinski definition) is 3. The number of Topliss-reactive ketones (excluding diaryl/α,β-unsaturated/α-hetero) is 1. The lowest BCUT2D eigenvalue weighted by molar-refractivity contribution is 0.0600. The molecule has 0 amide bonds. The third-order valence-corrected chi connectivity index (χ3v) is 3.34. The van der Waals surface area contributed by atoms with Crippen LogP contribution >= 0.6 is 0 Å². The molecule has 0 aliphatic rings. The van der Waals surface area contributed by atoms with E-state index in [2.05, 4.69) is 0 Å². The van der Waals surface area contributed by atoms with Crippen LogP contribution in [0.2, 0.25) is 0 Å². The standard InChI is InChI=1S/C16H17NO3/c1-10-8-15(12(3)18)11(2)17(10)14-7-5-6-13(9-14)16(19)20-4/h5-9H,1-4H3. The van der Waals surface area contributed by atoms with Crippen LogP contribution in [0.15, 0.2) is 30.3 Å². The average Bonchev–Trinajstić information content (AvgIpc) is 2.73. The number of ether oxygens (including phenoxy) is 1. The molecule has 0 radical (unpaired) electrons. The Morgan fingerprint density at radius 3 is 2.40 bits per heavy atom. The number of aromatic nitrogens is 1. The molecule has 4 nitrogen and oxygen atoms in total. The summed E-state index contributed by atoms with van der Waals surface area (Å²) in [6, 6.07) is 9.03. The van der Waals surface area contributed by atoms with Crippen LogP contribution < -0.4 is 0 Å². The lowest BCUT2D eigenvalue weighted by Crippen LogP contribution is -2.05. The zero-order valence-corrected chi connectivity index (χ0v) is 12.1. The Morgan fingerprint density at radius 2 is 1.85 bits per heavy atom. The van der Waals surface area contributed by atoms with Crippen molar-refractivity contribution < 1.29 is 14.3 Å². The van der Waals surface area contributed by atoms with Gasteiger partial charge in [-0.15, -0.1) is 0 Å². The molecule has 0 aliphatic heterocycles. The van der Waals surface area contributed by atoms with Gasteiger partial charge < -0.3 is 9.30 Å². The lowest BCUT2D eigenvalue weighted by Gasteiger charge is -2.11. The average molecular weight is 271 g/mol. The third kappa shape index (κ3) is 2.37. The molecule has 0 saturated carbocycles. The van der Waals surface area contributed by atoms with Gasteiger partial charge in [-0.3, -0.25) is 4.79 Å². The number of aryl methyl sites for hydroxylation is 1. The molecular formula is C16H17NO3. The number of hydrogen-bond donors (Lipinski definition) is 0.